The second-order valence-electron chi connectivity index (χ2n) is 12.5. The minimum absolute atomic E-state index is 0.0348. The minimum Gasteiger partial charge on any atom is -0.478 e. The SMILES string of the molecule is Cc1cccc(C)c1-c1cc(OCC(CC(C)C)NC2CC(OCc3ccccc3)C2)nc(NS(=O)(=O)c2cccc(C(=O)O)c2)n1. The van der Waals surface area contributed by atoms with Gasteiger partial charge in [-0.05, 0) is 73.9 Å². The molecule has 1 saturated carbocycles. The van der Waals surface area contributed by atoms with Crippen LogP contribution >= 0.6 is 0 Å². The number of carboxylic acids is 1. The van der Waals surface area contributed by atoms with E-state index in [2.05, 4.69) is 46.0 Å². The molecule has 11 heteroatoms. The number of rotatable bonds is 15. The molecule has 0 spiro atoms. The van der Waals surface area contributed by atoms with Crippen molar-refractivity contribution >= 4 is 21.9 Å². The molecule has 3 N–H and O–H groups in total. The molecule has 1 aliphatic carbocycles. The highest BCUT2D eigenvalue weighted by Crippen LogP contribution is 2.30. The topological polar surface area (TPSA) is 140 Å². The summed E-state index contributed by atoms with van der Waals surface area (Å²) in [6.45, 7) is 9.17. The molecule has 0 bridgehead atoms. The van der Waals surface area contributed by atoms with E-state index in [9.17, 15) is 18.3 Å². The van der Waals surface area contributed by atoms with Gasteiger partial charge in [-0.1, -0.05) is 68.4 Å². The molecule has 10 nitrogen and oxygen atoms in total. The summed E-state index contributed by atoms with van der Waals surface area (Å²) in [7, 11) is -4.21. The van der Waals surface area contributed by atoms with Crippen molar-refractivity contribution < 1.29 is 27.8 Å². The molecule has 47 heavy (non-hydrogen) atoms. The van der Waals surface area contributed by atoms with Crippen LogP contribution in [0, 0.1) is 19.8 Å². The van der Waals surface area contributed by atoms with Gasteiger partial charge in [0.1, 0.15) is 6.61 Å². The standard InChI is InChI=1S/C36H42N4O6S/c1-23(2)16-29(37-28-18-30(19-28)45-21-26-12-6-5-7-13-26)22-46-33-20-32(34-24(3)10-8-11-25(34)4)38-36(39-33)40-47(43,44)31-15-9-14-27(17-31)35(41)42/h5-15,17,20,23,28-30,37H,16,18-19,21-22H2,1-4H3,(H,41,42)(H,38,39,40). The molecule has 3 aromatic carbocycles. The smallest absolute Gasteiger partial charge is 0.335 e. The predicted octanol–water partition coefficient (Wildman–Crippen LogP) is 6.39. The summed E-state index contributed by atoms with van der Waals surface area (Å²) < 4.78 is 41.4. The van der Waals surface area contributed by atoms with Crippen molar-refractivity contribution in [2.45, 2.75) is 76.6 Å². The fourth-order valence-electron chi connectivity index (χ4n) is 5.77. The number of ether oxygens (including phenoxy) is 2. The summed E-state index contributed by atoms with van der Waals surface area (Å²) in [6, 6.07) is 23.2. The Balaban J connectivity index is 1.32. The van der Waals surface area contributed by atoms with Gasteiger partial charge in [0.2, 0.25) is 11.8 Å². The zero-order valence-corrected chi connectivity index (χ0v) is 28.0. The van der Waals surface area contributed by atoms with Crippen LogP contribution in [0.1, 0.15) is 60.2 Å². The van der Waals surface area contributed by atoms with E-state index < -0.39 is 16.0 Å². The summed E-state index contributed by atoms with van der Waals surface area (Å²) in [6.07, 6.45) is 2.92. The number of hydrogen-bond donors (Lipinski definition) is 3. The lowest BCUT2D eigenvalue weighted by molar-refractivity contribution is -0.0303. The van der Waals surface area contributed by atoms with Crippen molar-refractivity contribution in [2.24, 2.45) is 5.92 Å². The third-order valence-corrected chi connectivity index (χ3v) is 9.47. The van der Waals surface area contributed by atoms with Crippen molar-refractivity contribution in [1.29, 1.82) is 0 Å². The molecule has 0 saturated heterocycles. The van der Waals surface area contributed by atoms with Gasteiger partial charge >= 0.3 is 5.97 Å². The van der Waals surface area contributed by atoms with E-state index in [4.69, 9.17) is 9.47 Å². The summed E-state index contributed by atoms with van der Waals surface area (Å²) in [5, 5.41) is 13.1. The number of benzene rings is 3. The van der Waals surface area contributed by atoms with Gasteiger partial charge in [-0.25, -0.2) is 22.9 Å². The molecule has 1 heterocycles. The maximum absolute atomic E-state index is 13.3. The van der Waals surface area contributed by atoms with E-state index in [1.165, 1.54) is 18.2 Å². The molecular formula is C36H42N4O6S. The van der Waals surface area contributed by atoms with Crippen LogP contribution in [0.15, 0.2) is 83.8 Å². The van der Waals surface area contributed by atoms with Crippen LogP contribution in [-0.2, 0) is 21.4 Å². The first-order chi connectivity index (χ1) is 22.5. The Morgan fingerprint density at radius 2 is 1.66 bits per heavy atom. The average molecular weight is 659 g/mol. The van der Waals surface area contributed by atoms with Crippen LogP contribution in [-0.4, -0.2) is 54.3 Å². The number of sulfonamides is 1. The third-order valence-electron chi connectivity index (χ3n) is 8.14. The molecule has 0 radical (unpaired) electrons. The largest absolute Gasteiger partial charge is 0.478 e. The first kappa shape index (κ1) is 34.0. The molecular weight excluding hydrogens is 616 g/mol. The minimum atomic E-state index is -4.21. The Morgan fingerprint density at radius 1 is 0.957 bits per heavy atom. The van der Waals surface area contributed by atoms with Crippen molar-refractivity contribution in [3.8, 4) is 17.1 Å². The quantitative estimate of drug-likeness (QED) is 0.133. The predicted molar refractivity (Wildman–Crippen MR) is 181 cm³/mol. The average Bonchev–Trinajstić information content (AvgIpc) is 3.00. The lowest BCUT2D eigenvalue weighted by Crippen LogP contribution is -2.51. The molecule has 248 valence electrons. The van der Waals surface area contributed by atoms with Crippen LogP contribution < -0.4 is 14.8 Å². The third kappa shape index (κ3) is 9.15. The Bertz CT molecular complexity index is 1770. The fraction of sp³-hybridized carbons (Fsp3) is 0.361. The fourth-order valence-corrected chi connectivity index (χ4v) is 6.75. The van der Waals surface area contributed by atoms with Crippen molar-refractivity contribution in [1.82, 2.24) is 15.3 Å². The van der Waals surface area contributed by atoms with Gasteiger partial charge in [-0.15, -0.1) is 0 Å². The lowest BCUT2D eigenvalue weighted by Gasteiger charge is -2.38. The molecule has 1 atom stereocenters. The zero-order valence-electron chi connectivity index (χ0n) is 27.1. The number of aromatic carboxylic acids is 1. The molecule has 4 aromatic rings. The van der Waals surface area contributed by atoms with Crippen LogP contribution in [0.2, 0.25) is 0 Å². The van der Waals surface area contributed by atoms with Crippen molar-refractivity contribution in [3.05, 3.63) is 101 Å². The normalized spacial score (nSPS) is 16.8. The molecule has 0 amide bonds. The molecule has 1 aromatic heterocycles. The van der Waals surface area contributed by atoms with Gasteiger partial charge < -0.3 is 19.9 Å². The number of nitrogens with zero attached hydrogens (tertiary/aromatic N) is 2. The highest BCUT2D eigenvalue weighted by molar-refractivity contribution is 7.92. The van der Waals surface area contributed by atoms with E-state index in [0.717, 1.165) is 47.6 Å². The van der Waals surface area contributed by atoms with Gasteiger partial charge in [0, 0.05) is 23.7 Å². The molecule has 1 unspecified atom stereocenters. The number of aryl methyl sites for hydroxylation is 2. The number of anilines is 1. The molecule has 5 rings (SSSR count). The number of carboxylic acid groups (broad SMARTS) is 1. The Morgan fingerprint density at radius 3 is 2.34 bits per heavy atom. The Hall–Kier alpha value is -4.32. The van der Waals surface area contributed by atoms with Gasteiger partial charge in [0.05, 0.1) is 28.9 Å². The van der Waals surface area contributed by atoms with Gasteiger partial charge in [-0.2, -0.15) is 4.98 Å². The summed E-state index contributed by atoms with van der Waals surface area (Å²) in [4.78, 5) is 20.2. The maximum atomic E-state index is 13.3. The van der Waals surface area contributed by atoms with E-state index >= 15 is 0 Å². The van der Waals surface area contributed by atoms with E-state index in [1.807, 2.05) is 50.2 Å². The van der Waals surface area contributed by atoms with Gasteiger partial charge in [-0.3, -0.25) is 0 Å². The first-order valence-electron chi connectivity index (χ1n) is 15.8. The van der Waals surface area contributed by atoms with Gasteiger partial charge in [0.15, 0.2) is 0 Å². The van der Waals surface area contributed by atoms with Gasteiger partial charge in [0.25, 0.3) is 10.0 Å². The molecule has 1 aliphatic rings. The number of nitrogens with one attached hydrogen (secondary N) is 2. The highest BCUT2D eigenvalue weighted by Gasteiger charge is 2.32. The number of aromatic nitrogens is 2. The Labute approximate surface area is 276 Å². The van der Waals surface area contributed by atoms with Crippen LogP contribution in [0.25, 0.3) is 11.3 Å². The number of hydrogen-bond acceptors (Lipinski definition) is 8. The van der Waals surface area contributed by atoms with Crippen molar-refractivity contribution in [3.63, 3.8) is 0 Å². The summed E-state index contributed by atoms with van der Waals surface area (Å²) in [5.74, 6) is -0.761. The maximum Gasteiger partial charge on any atom is 0.335 e. The first-order valence-corrected chi connectivity index (χ1v) is 17.3. The second-order valence-corrected chi connectivity index (χ2v) is 14.2. The van der Waals surface area contributed by atoms with Crippen molar-refractivity contribution in [2.75, 3.05) is 11.3 Å². The van der Waals surface area contributed by atoms with Crippen LogP contribution in [0.3, 0.4) is 0 Å². The Kier molecular flexibility index (Phi) is 10.9. The van der Waals surface area contributed by atoms with E-state index in [0.29, 0.717) is 30.9 Å². The molecule has 1 fully saturated rings. The molecule has 0 aliphatic heterocycles. The summed E-state index contributed by atoms with van der Waals surface area (Å²) in [5.41, 5.74) is 4.30. The van der Waals surface area contributed by atoms with Crippen LogP contribution in [0.4, 0.5) is 5.95 Å². The zero-order chi connectivity index (χ0) is 33.6. The second kappa shape index (κ2) is 15.1. The lowest BCUT2D eigenvalue weighted by atomic mass is 9.88. The van der Waals surface area contributed by atoms with E-state index in [-0.39, 0.29) is 34.4 Å². The number of carbonyl (C=O) groups is 1. The van der Waals surface area contributed by atoms with Crippen LogP contribution in [0.5, 0.6) is 5.88 Å². The summed E-state index contributed by atoms with van der Waals surface area (Å²) >= 11 is 0. The highest BCUT2D eigenvalue weighted by atomic mass is 32.2. The monoisotopic (exact) mass is 658 g/mol. The van der Waals surface area contributed by atoms with E-state index in [1.54, 1.807) is 6.07 Å².